The number of hydrogen-bond acceptors (Lipinski definition) is 6. The highest BCUT2D eigenvalue weighted by Crippen LogP contribution is 2.38. The number of aryl methyl sites for hydroxylation is 1. The number of carbonyl (C=O) groups is 1. The van der Waals surface area contributed by atoms with Crippen LogP contribution < -0.4 is 9.62 Å². The number of sulfonamides is 1. The van der Waals surface area contributed by atoms with Gasteiger partial charge in [0, 0.05) is 49.1 Å². The summed E-state index contributed by atoms with van der Waals surface area (Å²) in [6, 6.07) is 19.5. The minimum atomic E-state index is -4.60. The first-order valence-electron chi connectivity index (χ1n) is 13.6. The predicted octanol–water partition coefficient (Wildman–Crippen LogP) is 7.14. The van der Waals surface area contributed by atoms with Crippen LogP contribution in [-0.4, -0.2) is 44.8 Å². The van der Waals surface area contributed by atoms with Crippen molar-refractivity contribution in [3.05, 3.63) is 94.8 Å². The summed E-state index contributed by atoms with van der Waals surface area (Å²) in [7, 11) is -0.508. The predicted molar refractivity (Wildman–Crippen MR) is 164 cm³/mol. The molecule has 1 aromatic heterocycles. The highest BCUT2D eigenvalue weighted by Gasteiger charge is 2.34. The minimum Gasteiger partial charge on any atom is -0.448 e. The van der Waals surface area contributed by atoms with E-state index in [0.717, 1.165) is 22.7 Å². The van der Waals surface area contributed by atoms with Crippen LogP contribution in [0.4, 0.5) is 23.7 Å². The molecule has 1 heterocycles. The van der Waals surface area contributed by atoms with Gasteiger partial charge in [0.2, 0.25) is 0 Å². The van der Waals surface area contributed by atoms with Crippen molar-refractivity contribution in [3.8, 4) is 5.69 Å². The second-order valence-corrected chi connectivity index (χ2v) is 12.3. The molecule has 5 aromatic rings. The van der Waals surface area contributed by atoms with Gasteiger partial charge in [-0.3, -0.25) is 4.57 Å². The van der Waals surface area contributed by atoms with Crippen molar-refractivity contribution >= 4 is 55.2 Å². The molecule has 0 saturated heterocycles. The number of alkyl halides is 3. The van der Waals surface area contributed by atoms with Crippen molar-refractivity contribution in [2.75, 3.05) is 25.6 Å². The second-order valence-electron chi connectivity index (χ2n) is 10.2. The van der Waals surface area contributed by atoms with Crippen molar-refractivity contribution in [1.29, 1.82) is 0 Å². The van der Waals surface area contributed by atoms with Crippen LogP contribution in [0, 0.1) is 0 Å². The smallest absolute Gasteiger partial charge is 0.421 e. The molecule has 0 fully saturated rings. The maximum atomic E-state index is 13.4. The van der Waals surface area contributed by atoms with Crippen LogP contribution in [0.5, 0.6) is 0 Å². The lowest BCUT2D eigenvalue weighted by molar-refractivity contribution is -0.137. The number of aromatic nitrogens is 2. The molecule has 0 aliphatic heterocycles. The Hall–Kier alpha value is -4.29. The quantitative estimate of drug-likeness (QED) is 0.193. The molecule has 4 aromatic carbocycles. The monoisotopic (exact) mass is 644 g/mol. The number of rotatable bonds is 8. The summed E-state index contributed by atoms with van der Waals surface area (Å²) in [5, 5.41) is 0.779. The van der Waals surface area contributed by atoms with Gasteiger partial charge in [-0.1, -0.05) is 54.9 Å². The molecule has 8 nitrogen and oxygen atoms in total. The van der Waals surface area contributed by atoms with E-state index >= 15 is 0 Å². The molecule has 1 amide bonds. The Bertz CT molecular complexity index is 1970. The Morgan fingerprint density at radius 2 is 1.70 bits per heavy atom. The van der Waals surface area contributed by atoms with Gasteiger partial charge in [0.15, 0.2) is 0 Å². The molecule has 0 bridgehead atoms. The summed E-state index contributed by atoms with van der Waals surface area (Å²) in [6.45, 7) is 1.76. The van der Waals surface area contributed by atoms with E-state index in [4.69, 9.17) is 16.3 Å². The number of anilines is 1. The van der Waals surface area contributed by atoms with Crippen molar-refractivity contribution in [1.82, 2.24) is 14.3 Å². The molecular formula is C31H28ClF3N4O4S. The van der Waals surface area contributed by atoms with Crippen LogP contribution in [0.1, 0.15) is 23.9 Å². The van der Waals surface area contributed by atoms with Crippen LogP contribution in [0.2, 0.25) is 5.02 Å². The zero-order valence-electron chi connectivity index (χ0n) is 23.9. The van der Waals surface area contributed by atoms with E-state index in [9.17, 15) is 26.4 Å². The third kappa shape index (κ3) is 6.18. The lowest BCUT2D eigenvalue weighted by atomic mass is 10.1. The number of nitrogens with one attached hydrogen (secondary N) is 1. The molecule has 13 heteroatoms. The normalized spacial score (nSPS) is 12.1. The van der Waals surface area contributed by atoms with Crippen LogP contribution in [-0.2, 0) is 33.8 Å². The van der Waals surface area contributed by atoms with Crippen LogP contribution >= 0.6 is 11.6 Å². The zero-order valence-corrected chi connectivity index (χ0v) is 25.5. The molecule has 0 aliphatic rings. The summed E-state index contributed by atoms with van der Waals surface area (Å²) < 4.78 is 75.1. The molecule has 1 N–H and O–H groups in total. The lowest BCUT2D eigenvalue weighted by Crippen LogP contribution is -2.31. The highest BCUT2D eigenvalue weighted by atomic mass is 35.5. The molecule has 0 aliphatic carbocycles. The number of ether oxygens (including phenoxy) is 1. The number of benzene rings is 4. The van der Waals surface area contributed by atoms with E-state index in [1.165, 1.54) is 12.1 Å². The van der Waals surface area contributed by atoms with Gasteiger partial charge in [0.1, 0.15) is 5.82 Å². The van der Waals surface area contributed by atoms with Gasteiger partial charge < -0.3 is 9.64 Å². The fourth-order valence-electron chi connectivity index (χ4n) is 5.05. The Balaban J connectivity index is 1.27. The summed E-state index contributed by atoms with van der Waals surface area (Å²) in [5.41, 5.74) is 1.97. The highest BCUT2D eigenvalue weighted by molar-refractivity contribution is 7.90. The summed E-state index contributed by atoms with van der Waals surface area (Å²) >= 11 is 5.98. The number of imidazole rings is 1. The fraction of sp³-hybridized carbons (Fsp3) is 0.226. The lowest BCUT2D eigenvalue weighted by Gasteiger charge is -2.17. The van der Waals surface area contributed by atoms with E-state index in [-0.39, 0.29) is 17.0 Å². The van der Waals surface area contributed by atoms with E-state index in [1.807, 2.05) is 42.8 Å². The molecule has 0 spiro atoms. The van der Waals surface area contributed by atoms with Gasteiger partial charge in [0.05, 0.1) is 33.1 Å². The first-order valence-corrected chi connectivity index (χ1v) is 15.4. The van der Waals surface area contributed by atoms with E-state index in [2.05, 4.69) is 4.98 Å². The number of carbonyl (C=O) groups excluding carboxylic acids is 1. The van der Waals surface area contributed by atoms with Gasteiger partial charge in [-0.25, -0.2) is 22.9 Å². The van der Waals surface area contributed by atoms with Gasteiger partial charge in [-0.05, 0) is 42.0 Å². The summed E-state index contributed by atoms with van der Waals surface area (Å²) in [4.78, 5) is 18.7. The molecule has 0 radical (unpaired) electrons. The second kappa shape index (κ2) is 12.0. The zero-order chi connectivity index (χ0) is 31.8. The van der Waals surface area contributed by atoms with Gasteiger partial charge >= 0.3 is 12.3 Å². The number of nitrogens with zero attached hydrogens (tertiary/aromatic N) is 3. The van der Waals surface area contributed by atoms with Crippen LogP contribution in [0.3, 0.4) is 0 Å². The molecule has 230 valence electrons. The number of amides is 1. The maximum Gasteiger partial charge on any atom is 0.421 e. The van der Waals surface area contributed by atoms with E-state index < -0.39 is 32.9 Å². The first-order chi connectivity index (χ1) is 20.8. The number of fused-ring (bicyclic) bond motifs is 2. The molecule has 44 heavy (non-hydrogen) atoms. The largest absolute Gasteiger partial charge is 0.448 e. The van der Waals surface area contributed by atoms with E-state index in [0.29, 0.717) is 35.3 Å². The molecular weight excluding hydrogens is 617 g/mol. The van der Waals surface area contributed by atoms with Gasteiger partial charge in [0.25, 0.3) is 10.0 Å². The third-order valence-corrected chi connectivity index (χ3v) is 8.78. The van der Waals surface area contributed by atoms with E-state index in [1.54, 1.807) is 47.0 Å². The Labute approximate surface area is 257 Å². The van der Waals surface area contributed by atoms with Crippen LogP contribution in [0.25, 0.3) is 27.5 Å². The number of halogens is 4. The summed E-state index contributed by atoms with van der Waals surface area (Å²) in [5.74, 6) is 0.563. The topological polar surface area (TPSA) is 93.5 Å². The first kappa shape index (κ1) is 31.1. The Morgan fingerprint density at radius 1 is 1.02 bits per heavy atom. The minimum absolute atomic E-state index is 0.0411. The Kier molecular flexibility index (Phi) is 8.50. The average Bonchev–Trinajstić information content (AvgIpc) is 3.33. The molecule has 0 saturated carbocycles. The van der Waals surface area contributed by atoms with Crippen LogP contribution in [0.15, 0.2) is 77.7 Å². The Morgan fingerprint density at radius 3 is 2.36 bits per heavy atom. The number of hydrogen-bond donors (Lipinski definition) is 1. The van der Waals surface area contributed by atoms with Crippen molar-refractivity contribution < 1.29 is 31.1 Å². The van der Waals surface area contributed by atoms with Crippen molar-refractivity contribution in [2.24, 2.45) is 0 Å². The summed E-state index contributed by atoms with van der Waals surface area (Å²) in [6.07, 6.45) is -4.94. The molecule has 5 rings (SSSR count). The van der Waals surface area contributed by atoms with Crippen molar-refractivity contribution in [3.63, 3.8) is 0 Å². The third-order valence-electron chi connectivity index (χ3n) is 7.10. The average molecular weight is 645 g/mol. The fourth-order valence-corrected chi connectivity index (χ4v) is 6.43. The molecule has 0 unspecified atom stereocenters. The SMILES string of the molecule is CCc1nc2cc(C(F)(F)F)c(Cl)cc2n1-c1ccc(CCOC(=O)NS(=O)(=O)c2cccc3c(N(C)C)cccc23)cc1. The van der Waals surface area contributed by atoms with Gasteiger partial charge in [-0.15, -0.1) is 0 Å². The maximum absolute atomic E-state index is 13.4. The van der Waals surface area contributed by atoms with Gasteiger partial charge in [-0.2, -0.15) is 13.2 Å². The van der Waals surface area contributed by atoms with Crippen molar-refractivity contribution in [2.45, 2.75) is 30.8 Å². The standard InChI is InChI=1S/C31H28ClF3N4O4S/c1-4-29-36-25-17-23(31(33,34)35)24(32)18-27(25)39(29)20-13-11-19(12-14-20)15-16-43-30(40)37-44(41,42)28-10-6-7-21-22(28)8-5-9-26(21)38(2)3/h5-14,17-18H,4,15-16H2,1-3H3,(H,37,40). The molecule has 0 atom stereocenters.